The third-order valence-electron chi connectivity index (χ3n) is 3.66. The quantitative estimate of drug-likeness (QED) is 0.900. The number of carbonyl (C=O) groups excluding carboxylic acids is 1. The van der Waals surface area contributed by atoms with Gasteiger partial charge in [0.15, 0.2) is 0 Å². The Bertz CT molecular complexity index is 675. The molecule has 1 aliphatic heterocycles. The summed E-state index contributed by atoms with van der Waals surface area (Å²) in [5.74, 6) is 0.298. The number of hydrogen-bond acceptors (Lipinski definition) is 5. The Labute approximate surface area is 137 Å². The topological polar surface area (TPSA) is 70.2 Å². The molecule has 3 rings (SSSR count). The molecule has 1 atom stereocenters. The van der Waals surface area contributed by atoms with Gasteiger partial charge in [0.25, 0.3) is 0 Å². The van der Waals surface area contributed by atoms with E-state index in [4.69, 9.17) is 0 Å². The highest BCUT2D eigenvalue weighted by Crippen LogP contribution is 2.28. The van der Waals surface area contributed by atoms with Crippen molar-refractivity contribution in [1.82, 2.24) is 10.2 Å². The van der Waals surface area contributed by atoms with Crippen LogP contribution in [0.1, 0.15) is 19.8 Å². The lowest BCUT2D eigenvalue weighted by molar-refractivity contribution is 0.262. The van der Waals surface area contributed by atoms with Crippen LogP contribution in [0.5, 0.6) is 0 Å². The van der Waals surface area contributed by atoms with Gasteiger partial charge >= 0.3 is 6.03 Å². The predicted octanol–water partition coefficient (Wildman–Crippen LogP) is 3.56. The van der Waals surface area contributed by atoms with Crippen molar-refractivity contribution in [3.8, 4) is 0 Å². The number of piperidine rings is 1. The van der Waals surface area contributed by atoms with Gasteiger partial charge < -0.3 is 10.2 Å². The summed E-state index contributed by atoms with van der Waals surface area (Å²) in [6.45, 7) is 4.17. The van der Waals surface area contributed by atoms with Crippen molar-refractivity contribution in [2.45, 2.75) is 19.8 Å². The summed E-state index contributed by atoms with van der Waals surface area (Å²) in [4.78, 5) is 14.1. The molecule has 1 aromatic heterocycles. The first-order valence-corrected chi connectivity index (χ1v) is 8.34. The van der Waals surface area contributed by atoms with Crippen molar-refractivity contribution in [1.29, 1.82) is 0 Å². The first-order valence-electron chi connectivity index (χ1n) is 7.52. The van der Waals surface area contributed by atoms with E-state index in [1.54, 1.807) is 0 Å². The molecule has 1 saturated heterocycles. The number of halogens is 1. The average Bonchev–Trinajstić information content (AvgIpc) is 2.98. The normalized spacial score (nSPS) is 17.8. The molecule has 2 heterocycles. The molecule has 1 fully saturated rings. The van der Waals surface area contributed by atoms with Crippen LogP contribution in [0.4, 0.5) is 25.1 Å². The fourth-order valence-corrected chi connectivity index (χ4v) is 3.32. The molecule has 0 saturated carbocycles. The molecular weight excluding hydrogens is 317 g/mol. The molecule has 6 nitrogen and oxygen atoms in total. The lowest BCUT2D eigenvalue weighted by Crippen LogP contribution is -2.34. The molecule has 2 N–H and O–H groups in total. The van der Waals surface area contributed by atoms with Crippen LogP contribution in [0.25, 0.3) is 0 Å². The fraction of sp³-hybridized carbons (Fsp3) is 0.400. The lowest BCUT2D eigenvalue weighted by Gasteiger charge is -2.29. The van der Waals surface area contributed by atoms with E-state index in [-0.39, 0.29) is 5.82 Å². The van der Waals surface area contributed by atoms with Gasteiger partial charge in [0.1, 0.15) is 5.82 Å². The Morgan fingerprint density at radius 2 is 2.09 bits per heavy atom. The van der Waals surface area contributed by atoms with E-state index in [9.17, 15) is 9.18 Å². The maximum Gasteiger partial charge on any atom is 0.325 e. The van der Waals surface area contributed by atoms with Gasteiger partial charge in [-0.25, -0.2) is 9.18 Å². The minimum absolute atomic E-state index is 0.347. The minimum Gasteiger partial charge on any atom is -0.346 e. The van der Waals surface area contributed by atoms with E-state index < -0.39 is 6.03 Å². The Kier molecular flexibility index (Phi) is 4.71. The third-order valence-corrected chi connectivity index (χ3v) is 4.56. The third kappa shape index (κ3) is 4.16. The van der Waals surface area contributed by atoms with Crippen LogP contribution >= 0.6 is 11.3 Å². The van der Waals surface area contributed by atoms with E-state index in [1.165, 1.54) is 42.0 Å². The van der Waals surface area contributed by atoms with E-state index in [2.05, 4.69) is 32.7 Å². The number of rotatable bonds is 3. The summed E-state index contributed by atoms with van der Waals surface area (Å²) in [6.07, 6.45) is 2.38. The van der Waals surface area contributed by atoms with Gasteiger partial charge in [-0.1, -0.05) is 18.3 Å². The fourth-order valence-electron chi connectivity index (χ4n) is 2.55. The smallest absolute Gasteiger partial charge is 0.325 e. The second-order valence-electron chi connectivity index (χ2n) is 5.67. The van der Waals surface area contributed by atoms with Gasteiger partial charge in [-0.05, 0) is 43.0 Å². The van der Waals surface area contributed by atoms with Gasteiger partial charge in [0, 0.05) is 18.8 Å². The van der Waals surface area contributed by atoms with Crippen LogP contribution in [-0.4, -0.2) is 29.3 Å². The van der Waals surface area contributed by atoms with Crippen LogP contribution in [0.15, 0.2) is 24.3 Å². The molecule has 0 bridgehead atoms. The summed E-state index contributed by atoms with van der Waals surface area (Å²) in [5.41, 5.74) is 0.512. The zero-order valence-corrected chi connectivity index (χ0v) is 13.6. The van der Waals surface area contributed by atoms with E-state index in [1.807, 2.05) is 0 Å². The zero-order valence-electron chi connectivity index (χ0n) is 12.8. The molecule has 0 spiro atoms. The SMILES string of the molecule is C[C@H]1CCCN(c2nnc(NC(=O)Nc3ccc(F)cc3)s2)C1. The molecular formula is C15H18FN5OS. The monoisotopic (exact) mass is 335 g/mol. The number of benzene rings is 1. The van der Waals surface area contributed by atoms with E-state index in [0.29, 0.717) is 16.7 Å². The number of nitrogens with zero attached hydrogens (tertiary/aromatic N) is 3. The van der Waals surface area contributed by atoms with Crippen molar-refractivity contribution in [3.63, 3.8) is 0 Å². The summed E-state index contributed by atoms with van der Waals surface area (Å²) >= 11 is 1.35. The second-order valence-corrected chi connectivity index (χ2v) is 6.63. The zero-order chi connectivity index (χ0) is 16.2. The predicted molar refractivity (Wildman–Crippen MR) is 89.6 cm³/mol. The molecule has 0 unspecified atom stereocenters. The van der Waals surface area contributed by atoms with Gasteiger partial charge in [0.05, 0.1) is 0 Å². The van der Waals surface area contributed by atoms with Crippen molar-refractivity contribution in [2.75, 3.05) is 28.6 Å². The maximum atomic E-state index is 12.8. The van der Waals surface area contributed by atoms with Crippen molar-refractivity contribution >= 4 is 33.3 Å². The molecule has 23 heavy (non-hydrogen) atoms. The number of amides is 2. The summed E-state index contributed by atoms with van der Waals surface area (Å²) in [7, 11) is 0. The molecule has 2 aromatic rings. The van der Waals surface area contributed by atoms with Gasteiger partial charge in [-0.15, -0.1) is 10.2 Å². The van der Waals surface area contributed by atoms with Crippen LogP contribution < -0.4 is 15.5 Å². The first-order chi connectivity index (χ1) is 11.1. The Balaban J connectivity index is 1.57. The molecule has 2 amide bonds. The summed E-state index contributed by atoms with van der Waals surface area (Å²) in [5, 5.41) is 14.7. The highest BCUT2D eigenvalue weighted by molar-refractivity contribution is 7.19. The number of hydrogen-bond donors (Lipinski definition) is 2. The lowest BCUT2D eigenvalue weighted by atomic mass is 10.0. The molecule has 1 aromatic carbocycles. The number of anilines is 3. The standard InChI is InChI=1S/C15H18FN5OS/c1-10-3-2-8-21(9-10)15-20-19-14(23-15)18-13(22)17-12-6-4-11(16)5-7-12/h4-7,10H,2-3,8-9H2,1H3,(H2,17,18,19,22)/t10-/m0/s1. The average molecular weight is 335 g/mol. The second kappa shape index (κ2) is 6.91. The van der Waals surface area contributed by atoms with Crippen LogP contribution in [0.2, 0.25) is 0 Å². The van der Waals surface area contributed by atoms with E-state index >= 15 is 0 Å². The Morgan fingerprint density at radius 3 is 2.83 bits per heavy atom. The van der Waals surface area contributed by atoms with Crippen molar-refractivity contribution in [2.24, 2.45) is 5.92 Å². The largest absolute Gasteiger partial charge is 0.346 e. The number of aromatic nitrogens is 2. The summed E-state index contributed by atoms with van der Waals surface area (Å²) in [6, 6.07) is 5.14. The molecule has 1 aliphatic rings. The van der Waals surface area contributed by atoms with E-state index in [0.717, 1.165) is 24.6 Å². The van der Waals surface area contributed by atoms with Gasteiger partial charge in [-0.3, -0.25) is 5.32 Å². The van der Waals surface area contributed by atoms with Crippen LogP contribution in [-0.2, 0) is 0 Å². The van der Waals surface area contributed by atoms with Gasteiger partial charge in [-0.2, -0.15) is 0 Å². The number of carbonyl (C=O) groups is 1. The van der Waals surface area contributed by atoms with Crippen molar-refractivity contribution in [3.05, 3.63) is 30.1 Å². The highest BCUT2D eigenvalue weighted by atomic mass is 32.1. The van der Waals surface area contributed by atoms with Crippen molar-refractivity contribution < 1.29 is 9.18 Å². The van der Waals surface area contributed by atoms with Crippen LogP contribution in [0.3, 0.4) is 0 Å². The van der Waals surface area contributed by atoms with Gasteiger partial charge in [0.2, 0.25) is 10.3 Å². The Morgan fingerprint density at radius 1 is 1.30 bits per heavy atom. The number of nitrogens with one attached hydrogen (secondary N) is 2. The first kappa shape index (κ1) is 15.7. The molecule has 0 radical (unpaired) electrons. The molecule has 122 valence electrons. The summed E-state index contributed by atoms with van der Waals surface area (Å²) < 4.78 is 12.8. The minimum atomic E-state index is -0.425. The Hall–Kier alpha value is -2.22. The maximum absolute atomic E-state index is 12.8. The molecule has 0 aliphatic carbocycles. The molecule has 8 heteroatoms. The van der Waals surface area contributed by atoms with Crippen LogP contribution in [0, 0.1) is 11.7 Å². The number of urea groups is 1. The highest BCUT2D eigenvalue weighted by Gasteiger charge is 2.20.